The summed E-state index contributed by atoms with van der Waals surface area (Å²) in [6.07, 6.45) is -2.60. The zero-order valence-corrected chi connectivity index (χ0v) is 37.4. The number of rotatable bonds is 13. The average Bonchev–Trinajstić information content (AvgIpc) is 4.03. The maximum absolute atomic E-state index is 16.1. The van der Waals surface area contributed by atoms with E-state index >= 15 is 4.39 Å². The van der Waals surface area contributed by atoms with E-state index in [1.165, 1.54) is 54.7 Å². The van der Waals surface area contributed by atoms with Crippen LogP contribution >= 0.6 is 0 Å². The molecular weight excluding hydrogens is 848 g/mol. The molecule has 68 heavy (non-hydrogen) atoms. The number of aryl methyl sites for hydroxylation is 2. The molecular formula is C61H50F3N3O. The highest BCUT2D eigenvalue weighted by molar-refractivity contribution is 6.12. The number of hydrogen-bond acceptors (Lipinski definition) is 4. The lowest BCUT2D eigenvalue weighted by Gasteiger charge is -2.28. The fraction of sp³-hybridized carbons (Fsp3) is 0.164. The summed E-state index contributed by atoms with van der Waals surface area (Å²) in [4.78, 5) is 13.9. The summed E-state index contributed by atoms with van der Waals surface area (Å²) in [6, 6.07) is 28.5. The van der Waals surface area contributed by atoms with Crippen LogP contribution < -0.4 is 0 Å². The summed E-state index contributed by atoms with van der Waals surface area (Å²) < 4.78 is 159. The van der Waals surface area contributed by atoms with Crippen LogP contribution in [-0.2, 0) is 36.4 Å². The summed E-state index contributed by atoms with van der Waals surface area (Å²) in [7, 11) is 0. The monoisotopic (exact) mass is 909 g/mol. The fourth-order valence-corrected chi connectivity index (χ4v) is 8.32. The van der Waals surface area contributed by atoms with Gasteiger partial charge in [0.25, 0.3) is 0 Å². The molecule has 7 heteroatoms. The van der Waals surface area contributed by atoms with Gasteiger partial charge in [0.2, 0.25) is 0 Å². The highest BCUT2D eigenvalue weighted by atomic mass is 19.1. The fourth-order valence-electron chi connectivity index (χ4n) is 8.32. The van der Waals surface area contributed by atoms with Crippen LogP contribution in [0.25, 0.3) is 66.8 Å². The van der Waals surface area contributed by atoms with Crippen molar-refractivity contribution in [3.05, 3.63) is 233 Å². The van der Waals surface area contributed by atoms with Crippen molar-refractivity contribution < 1.29 is 34.0 Å². The molecule has 0 N–H and O–H groups in total. The van der Waals surface area contributed by atoms with Crippen LogP contribution in [0.4, 0.5) is 13.2 Å². The van der Waals surface area contributed by atoms with Gasteiger partial charge in [0.15, 0.2) is 0 Å². The number of fused-ring (bicyclic) bond motifs is 3. The Morgan fingerprint density at radius 2 is 1.06 bits per heavy atom. The molecule has 4 aromatic heterocycles. The first kappa shape index (κ1) is 32.1. The van der Waals surface area contributed by atoms with Gasteiger partial charge in [-0.25, -0.2) is 13.2 Å². The van der Waals surface area contributed by atoms with Crippen LogP contribution in [0.2, 0.25) is 0 Å². The summed E-state index contributed by atoms with van der Waals surface area (Å²) in [5.41, 5.74) is 1.00. The molecule has 0 saturated heterocycles. The second-order valence-electron chi connectivity index (χ2n) is 17.6. The first-order valence-electron chi connectivity index (χ1n) is 27.9. The van der Waals surface area contributed by atoms with E-state index in [4.69, 9.17) is 17.6 Å². The molecule has 0 fully saturated rings. The van der Waals surface area contributed by atoms with Gasteiger partial charge in [-0.05, 0) is 160 Å². The number of para-hydroxylation sites is 1. The number of benzene rings is 6. The molecule has 0 amide bonds. The van der Waals surface area contributed by atoms with E-state index in [2.05, 4.69) is 9.97 Å². The Kier molecular flexibility index (Phi) is 8.61. The Labute approximate surface area is 412 Å². The van der Waals surface area contributed by atoms with Gasteiger partial charge >= 0.3 is 0 Å². The molecule has 0 bridgehead atoms. The molecule has 0 atom stereocenters. The van der Waals surface area contributed by atoms with Gasteiger partial charge in [0.1, 0.15) is 28.6 Å². The van der Waals surface area contributed by atoms with E-state index < -0.39 is 94.8 Å². The lowest BCUT2D eigenvalue weighted by molar-refractivity contribution is 0.512. The van der Waals surface area contributed by atoms with Crippen molar-refractivity contribution in [1.82, 2.24) is 15.0 Å². The molecule has 4 nitrogen and oxygen atoms in total. The molecule has 0 aliphatic carbocycles. The van der Waals surface area contributed by atoms with Crippen molar-refractivity contribution in [3.8, 4) is 44.9 Å². The number of hydrogen-bond donors (Lipinski definition) is 0. The van der Waals surface area contributed by atoms with Crippen LogP contribution in [0.15, 0.2) is 187 Å². The zero-order valence-electron chi connectivity index (χ0n) is 49.4. The van der Waals surface area contributed by atoms with Crippen molar-refractivity contribution in [2.24, 2.45) is 0 Å². The third kappa shape index (κ3) is 9.21. The van der Waals surface area contributed by atoms with Crippen LogP contribution in [0.5, 0.6) is 0 Å². The van der Waals surface area contributed by atoms with Crippen molar-refractivity contribution in [3.63, 3.8) is 0 Å². The predicted octanol–water partition coefficient (Wildman–Crippen LogP) is 15.7. The summed E-state index contributed by atoms with van der Waals surface area (Å²) in [5, 5.41) is 0.690. The molecule has 10 aromatic rings. The lowest BCUT2D eigenvalue weighted by Crippen LogP contribution is -2.23. The summed E-state index contributed by atoms with van der Waals surface area (Å²) in [5.74, 6) is -1.94. The normalized spacial score (nSPS) is 15.2. The highest BCUT2D eigenvalue weighted by Crippen LogP contribution is 2.41. The zero-order chi connectivity index (χ0) is 57.6. The minimum Gasteiger partial charge on any atom is -0.455 e. The van der Waals surface area contributed by atoms with E-state index in [0.29, 0.717) is 55.8 Å². The minimum atomic E-state index is -2.30. The standard InChI is InChI=1S/C61H50F3N3O/c1-60(2,46-20-29-54(66-37-46)43-16-22-48(62)23-17-43)34-41-31-40(32-42(33-41)35-61(3,4)47-21-30-55(67-38-47)44-18-24-49(63)25-19-44)14-13-39-15-28-56(65-36-39)52-12-8-11-50-51-26-27-53(64)57(59(51)68-58(50)52)45-9-6-5-7-10-45/h5-12,15-33,36-38H,13-14,34-35H2,1-4H3/i5D,6D,7D,9D,10D,14D2,27D,34D2,35D2. The van der Waals surface area contributed by atoms with Gasteiger partial charge < -0.3 is 4.42 Å². The Morgan fingerprint density at radius 3 is 1.60 bits per heavy atom. The van der Waals surface area contributed by atoms with Gasteiger partial charge in [-0.3, -0.25) is 15.0 Å². The average molecular weight is 910 g/mol. The number of nitrogens with zero attached hydrogens (tertiary/aromatic N) is 3. The highest BCUT2D eigenvalue weighted by Gasteiger charge is 2.26. The van der Waals surface area contributed by atoms with E-state index in [9.17, 15) is 17.0 Å². The van der Waals surface area contributed by atoms with Gasteiger partial charge in [-0.1, -0.05) is 106 Å². The molecule has 0 aliphatic rings. The van der Waals surface area contributed by atoms with E-state index in [1.54, 1.807) is 119 Å². The Hall–Kier alpha value is -7.64. The van der Waals surface area contributed by atoms with E-state index in [-0.39, 0.29) is 39.7 Å². The SMILES string of the molecule is [2H]c1cc2c(oc3c(-c4ccc(CC([2H])([2H])c5cc(C([2H])([2H])C(C)(C)c6ccc(-c7ccc(F)cc7)nc6)cc(C([2H])([2H])C(C)(C)c6ccc(-c7ccc(F)cc7)nc6)c5)cn4)cccc32)c(-c2c([2H])c([2H])c([2H])c([2H])c2[2H])c1F. The number of halogens is 3. The van der Waals surface area contributed by atoms with Crippen molar-refractivity contribution in [2.45, 2.75) is 64.1 Å². The van der Waals surface area contributed by atoms with Gasteiger partial charge in [0.05, 0.1) is 30.9 Å². The second kappa shape index (κ2) is 18.2. The van der Waals surface area contributed by atoms with Crippen molar-refractivity contribution in [1.29, 1.82) is 0 Å². The van der Waals surface area contributed by atoms with Gasteiger partial charge in [-0.15, -0.1) is 0 Å². The quantitative estimate of drug-likeness (QED) is 0.116. The molecule has 0 saturated carbocycles. The Balaban J connectivity index is 1.03. The largest absolute Gasteiger partial charge is 0.455 e. The summed E-state index contributed by atoms with van der Waals surface area (Å²) >= 11 is 0. The molecule has 0 unspecified atom stereocenters. The van der Waals surface area contributed by atoms with Crippen LogP contribution in [0.3, 0.4) is 0 Å². The Bertz CT molecular complexity index is 3880. The first-order chi connectivity index (χ1) is 37.6. The van der Waals surface area contributed by atoms with Gasteiger partial charge in [0, 0.05) is 54.3 Å². The van der Waals surface area contributed by atoms with Crippen LogP contribution in [0, 0.1) is 17.5 Å². The molecule has 6 aromatic carbocycles. The topological polar surface area (TPSA) is 51.8 Å². The van der Waals surface area contributed by atoms with E-state index in [0.717, 1.165) is 0 Å². The third-order valence-electron chi connectivity index (χ3n) is 12.0. The van der Waals surface area contributed by atoms with Crippen molar-refractivity contribution >= 4 is 21.9 Å². The number of aromatic nitrogens is 3. The van der Waals surface area contributed by atoms with Crippen molar-refractivity contribution in [2.75, 3.05) is 0 Å². The molecule has 0 radical (unpaired) electrons. The van der Waals surface area contributed by atoms with E-state index in [1.807, 2.05) is 0 Å². The molecule has 10 rings (SSSR count). The molecule has 0 aliphatic heterocycles. The predicted molar refractivity (Wildman–Crippen MR) is 269 cm³/mol. The lowest BCUT2D eigenvalue weighted by atomic mass is 9.77. The number of furan rings is 1. The maximum Gasteiger partial charge on any atom is 0.146 e. The third-order valence-corrected chi connectivity index (χ3v) is 12.0. The van der Waals surface area contributed by atoms with Gasteiger partial charge in [-0.2, -0.15) is 0 Å². The maximum atomic E-state index is 16.1. The molecule has 0 spiro atoms. The van der Waals surface area contributed by atoms with Crippen LogP contribution in [0.1, 0.15) is 77.5 Å². The van der Waals surface area contributed by atoms with Crippen LogP contribution in [-0.4, -0.2) is 15.0 Å². The number of pyridine rings is 3. The second-order valence-corrected chi connectivity index (χ2v) is 17.6. The smallest absolute Gasteiger partial charge is 0.146 e. The first-order valence-corrected chi connectivity index (χ1v) is 21.9. The molecule has 4 heterocycles. The summed E-state index contributed by atoms with van der Waals surface area (Å²) in [6.45, 7) is 6.77. The Morgan fingerprint density at radius 1 is 0.515 bits per heavy atom. The molecule has 336 valence electrons. The minimum absolute atomic E-state index is 0.00509.